The van der Waals surface area contributed by atoms with Crippen molar-refractivity contribution in [3.63, 3.8) is 0 Å². The number of nitrogens with zero attached hydrogens (tertiary/aromatic N) is 1. The molecule has 0 saturated carbocycles. The first-order valence-electron chi connectivity index (χ1n) is 5.98. The summed E-state index contributed by atoms with van der Waals surface area (Å²) in [7, 11) is 4.10. The molecule has 0 spiro atoms. The fourth-order valence-electron chi connectivity index (χ4n) is 2.26. The third-order valence-electron chi connectivity index (χ3n) is 3.18. The monoisotopic (exact) mass is 229 g/mol. The first-order chi connectivity index (χ1) is 8.22. The molecular weight excluding hydrogens is 210 g/mol. The van der Waals surface area contributed by atoms with Crippen molar-refractivity contribution in [2.45, 2.75) is 12.5 Å². The van der Waals surface area contributed by atoms with Crippen LogP contribution in [0.3, 0.4) is 0 Å². The molecule has 0 aliphatic rings. The lowest BCUT2D eigenvalue weighted by Gasteiger charge is -2.24. The summed E-state index contributed by atoms with van der Waals surface area (Å²) in [5, 5.41) is 11.7. The molecule has 90 valence electrons. The summed E-state index contributed by atoms with van der Waals surface area (Å²) in [6.07, 6.45) is 0.769. The molecule has 0 amide bonds. The largest absolute Gasteiger partial charge is 0.396 e. The van der Waals surface area contributed by atoms with Crippen molar-refractivity contribution < 1.29 is 5.11 Å². The quantitative estimate of drug-likeness (QED) is 0.871. The zero-order valence-corrected chi connectivity index (χ0v) is 10.4. The highest BCUT2D eigenvalue weighted by Crippen LogP contribution is 2.25. The number of hydrogen-bond acceptors (Lipinski definition) is 2. The van der Waals surface area contributed by atoms with Gasteiger partial charge in [-0.2, -0.15) is 0 Å². The van der Waals surface area contributed by atoms with E-state index in [4.69, 9.17) is 5.11 Å². The van der Waals surface area contributed by atoms with Gasteiger partial charge >= 0.3 is 0 Å². The Morgan fingerprint density at radius 1 is 1.06 bits per heavy atom. The Morgan fingerprint density at radius 2 is 1.76 bits per heavy atom. The summed E-state index contributed by atoms with van der Waals surface area (Å²) in [6, 6.07) is 15.2. The lowest BCUT2D eigenvalue weighted by molar-refractivity contribution is 0.211. The topological polar surface area (TPSA) is 23.5 Å². The molecule has 2 aromatic carbocycles. The van der Waals surface area contributed by atoms with Gasteiger partial charge in [0.25, 0.3) is 0 Å². The van der Waals surface area contributed by atoms with Gasteiger partial charge in [-0.3, -0.25) is 0 Å². The van der Waals surface area contributed by atoms with Gasteiger partial charge in [0.2, 0.25) is 0 Å². The Morgan fingerprint density at radius 3 is 2.41 bits per heavy atom. The maximum Gasteiger partial charge on any atom is 0.0449 e. The Labute approximate surface area is 102 Å². The average Bonchev–Trinajstić information content (AvgIpc) is 2.35. The SMILES string of the molecule is CN(C)C(CCO)c1ccc2ccccc2c1. The van der Waals surface area contributed by atoms with E-state index in [0.717, 1.165) is 6.42 Å². The van der Waals surface area contributed by atoms with Crippen LogP contribution >= 0.6 is 0 Å². The molecule has 1 N–H and O–H groups in total. The highest BCUT2D eigenvalue weighted by atomic mass is 16.3. The maximum absolute atomic E-state index is 9.13. The van der Waals surface area contributed by atoms with Crippen molar-refractivity contribution in [2.75, 3.05) is 20.7 Å². The number of aliphatic hydroxyl groups excluding tert-OH is 1. The minimum atomic E-state index is 0.218. The van der Waals surface area contributed by atoms with Gasteiger partial charge < -0.3 is 10.0 Å². The van der Waals surface area contributed by atoms with E-state index < -0.39 is 0 Å². The number of hydrogen-bond donors (Lipinski definition) is 1. The third kappa shape index (κ3) is 2.65. The normalized spacial score (nSPS) is 13.2. The second-order valence-electron chi connectivity index (χ2n) is 4.60. The molecular formula is C15H19NO. The lowest BCUT2D eigenvalue weighted by Crippen LogP contribution is -2.20. The first-order valence-corrected chi connectivity index (χ1v) is 5.98. The molecule has 0 fully saturated rings. The van der Waals surface area contributed by atoms with Crippen molar-refractivity contribution in [3.05, 3.63) is 48.0 Å². The molecule has 2 aromatic rings. The summed E-state index contributed by atoms with van der Waals surface area (Å²) in [6.45, 7) is 0.218. The van der Waals surface area contributed by atoms with Crippen molar-refractivity contribution in [1.82, 2.24) is 4.90 Å². The number of fused-ring (bicyclic) bond motifs is 1. The summed E-state index contributed by atoms with van der Waals surface area (Å²) < 4.78 is 0. The van der Waals surface area contributed by atoms with Crippen LogP contribution in [-0.4, -0.2) is 30.7 Å². The molecule has 0 heterocycles. The molecule has 2 nitrogen and oxygen atoms in total. The van der Waals surface area contributed by atoms with Crippen LogP contribution in [-0.2, 0) is 0 Å². The van der Waals surface area contributed by atoms with Crippen LogP contribution in [0.2, 0.25) is 0 Å². The molecule has 1 atom stereocenters. The fourth-order valence-corrected chi connectivity index (χ4v) is 2.26. The average molecular weight is 229 g/mol. The van der Waals surface area contributed by atoms with Crippen LogP contribution in [0.15, 0.2) is 42.5 Å². The number of benzene rings is 2. The molecule has 2 heteroatoms. The van der Waals surface area contributed by atoms with Crippen LogP contribution in [0.1, 0.15) is 18.0 Å². The van der Waals surface area contributed by atoms with E-state index in [1.807, 2.05) is 0 Å². The van der Waals surface area contributed by atoms with Gasteiger partial charge in [0.1, 0.15) is 0 Å². The Balaban J connectivity index is 2.40. The van der Waals surface area contributed by atoms with E-state index in [-0.39, 0.29) is 12.6 Å². The second-order valence-corrected chi connectivity index (χ2v) is 4.60. The first kappa shape index (κ1) is 12.1. The fraction of sp³-hybridized carbons (Fsp3) is 0.333. The zero-order valence-electron chi connectivity index (χ0n) is 10.4. The van der Waals surface area contributed by atoms with Crippen LogP contribution in [0.5, 0.6) is 0 Å². The molecule has 17 heavy (non-hydrogen) atoms. The van der Waals surface area contributed by atoms with E-state index in [2.05, 4.69) is 61.5 Å². The highest BCUT2D eigenvalue weighted by Gasteiger charge is 2.13. The Kier molecular flexibility index (Phi) is 3.77. The van der Waals surface area contributed by atoms with Crippen molar-refractivity contribution in [2.24, 2.45) is 0 Å². The summed E-state index contributed by atoms with van der Waals surface area (Å²) in [4.78, 5) is 2.15. The molecule has 1 unspecified atom stereocenters. The van der Waals surface area contributed by atoms with Gasteiger partial charge in [0.15, 0.2) is 0 Å². The van der Waals surface area contributed by atoms with Crippen molar-refractivity contribution in [1.29, 1.82) is 0 Å². The molecule has 0 aromatic heterocycles. The summed E-state index contributed by atoms with van der Waals surface area (Å²) in [5.41, 5.74) is 1.27. The Hall–Kier alpha value is -1.38. The number of rotatable bonds is 4. The minimum absolute atomic E-state index is 0.218. The van der Waals surface area contributed by atoms with Crippen LogP contribution in [0.25, 0.3) is 10.8 Å². The lowest BCUT2D eigenvalue weighted by atomic mass is 9.99. The van der Waals surface area contributed by atoms with Gasteiger partial charge in [-0.05, 0) is 42.9 Å². The standard InChI is InChI=1S/C15H19NO/c1-16(2)15(9-10-17)14-8-7-12-5-3-4-6-13(12)11-14/h3-8,11,15,17H,9-10H2,1-2H3. The predicted molar refractivity (Wildman–Crippen MR) is 72.1 cm³/mol. The highest BCUT2D eigenvalue weighted by molar-refractivity contribution is 5.83. The van der Waals surface area contributed by atoms with Crippen LogP contribution in [0, 0.1) is 0 Å². The van der Waals surface area contributed by atoms with E-state index in [1.165, 1.54) is 16.3 Å². The van der Waals surface area contributed by atoms with E-state index in [1.54, 1.807) is 0 Å². The summed E-state index contributed by atoms with van der Waals surface area (Å²) in [5.74, 6) is 0. The smallest absolute Gasteiger partial charge is 0.0449 e. The van der Waals surface area contributed by atoms with Crippen LogP contribution in [0.4, 0.5) is 0 Å². The van der Waals surface area contributed by atoms with E-state index in [9.17, 15) is 0 Å². The zero-order chi connectivity index (χ0) is 12.3. The molecule has 0 aliphatic carbocycles. The van der Waals surface area contributed by atoms with Gasteiger partial charge in [0.05, 0.1) is 0 Å². The van der Waals surface area contributed by atoms with Crippen LogP contribution < -0.4 is 0 Å². The second kappa shape index (κ2) is 5.30. The molecule has 2 rings (SSSR count). The number of aliphatic hydroxyl groups is 1. The van der Waals surface area contributed by atoms with Crippen molar-refractivity contribution in [3.8, 4) is 0 Å². The molecule has 0 radical (unpaired) electrons. The third-order valence-corrected chi connectivity index (χ3v) is 3.18. The van der Waals surface area contributed by atoms with Gasteiger partial charge in [-0.25, -0.2) is 0 Å². The Bertz CT molecular complexity index is 493. The molecule has 0 aliphatic heterocycles. The predicted octanol–water partition coefficient (Wildman–Crippen LogP) is 2.82. The van der Waals surface area contributed by atoms with Crippen molar-refractivity contribution >= 4 is 10.8 Å². The van der Waals surface area contributed by atoms with E-state index in [0.29, 0.717) is 0 Å². The van der Waals surface area contributed by atoms with Gasteiger partial charge in [-0.15, -0.1) is 0 Å². The van der Waals surface area contributed by atoms with Gasteiger partial charge in [0, 0.05) is 12.6 Å². The minimum Gasteiger partial charge on any atom is -0.396 e. The molecule has 0 saturated heterocycles. The summed E-state index contributed by atoms with van der Waals surface area (Å²) >= 11 is 0. The maximum atomic E-state index is 9.13. The molecule has 0 bridgehead atoms. The van der Waals surface area contributed by atoms with Gasteiger partial charge in [-0.1, -0.05) is 36.4 Å². The van der Waals surface area contributed by atoms with E-state index >= 15 is 0 Å².